The van der Waals surface area contributed by atoms with Gasteiger partial charge in [0.05, 0.1) is 16.3 Å². The van der Waals surface area contributed by atoms with Crippen LogP contribution < -0.4 is 5.32 Å². The Morgan fingerprint density at radius 3 is 2.61 bits per heavy atom. The van der Waals surface area contributed by atoms with Gasteiger partial charge in [-0.1, -0.05) is 66.4 Å². The molecule has 1 amide bonds. The van der Waals surface area contributed by atoms with Gasteiger partial charge in [-0.25, -0.2) is 4.79 Å². The summed E-state index contributed by atoms with van der Waals surface area (Å²) in [6, 6.07) is 4.82. The Balaban J connectivity index is 2.24. The first-order valence-electron chi connectivity index (χ1n) is 11.6. The first kappa shape index (κ1) is 27.5. The number of halogens is 2. The number of carbonyl (C=O) groups excluding carboxylic acids is 1. The van der Waals surface area contributed by atoms with Crippen LogP contribution in [-0.4, -0.2) is 22.9 Å². The summed E-state index contributed by atoms with van der Waals surface area (Å²) in [6.07, 6.45) is 11.1. The molecule has 0 bridgehead atoms. The molecule has 33 heavy (non-hydrogen) atoms. The summed E-state index contributed by atoms with van der Waals surface area (Å²) >= 11 is 12.1. The van der Waals surface area contributed by atoms with Gasteiger partial charge in [0.2, 0.25) is 0 Å². The van der Waals surface area contributed by atoms with Crippen molar-refractivity contribution >= 4 is 35.0 Å². The molecule has 3 atom stereocenters. The lowest BCUT2D eigenvalue weighted by Crippen LogP contribution is -2.31. The minimum absolute atomic E-state index is 0.252. The largest absolute Gasteiger partial charge is 0.442 e. The standard InChI is InChI=1S/C27H37Cl2NO3/c1-18(2)21-10-9-19(3)7-6-8-20(4)15-23(17-27(5,32)14-13-21)33-26(31)30-25-12-11-22(28)16-24(25)29/h7,11-16,18,21,23,32H,6,8-10,17H2,1-5H3,(H,30,31)/b14-13+,19-7+,20-15+/t21-,23+,27-/m1/s1. The van der Waals surface area contributed by atoms with E-state index < -0.39 is 17.8 Å². The van der Waals surface area contributed by atoms with E-state index in [0.717, 1.165) is 31.3 Å². The zero-order valence-corrected chi connectivity index (χ0v) is 21.8. The van der Waals surface area contributed by atoms with E-state index in [1.165, 1.54) is 5.57 Å². The summed E-state index contributed by atoms with van der Waals surface area (Å²) in [6.45, 7) is 10.4. The highest BCUT2D eigenvalue weighted by Gasteiger charge is 2.26. The van der Waals surface area contributed by atoms with Crippen LogP contribution in [-0.2, 0) is 4.74 Å². The molecular formula is C27H37Cl2NO3. The van der Waals surface area contributed by atoms with Gasteiger partial charge in [-0.15, -0.1) is 0 Å². The number of rotatable bonds is 3. The van der Waals surface area contributed by atoms with Crippen LogP contribution in [0.5, 0.6) is 0 Å². The molecule has 0 aromatic heterocycles. The molecule has 2 N–H and O–H groups in total. The SMILES string of the molecule is C/C1=C\[C@H](OC(=O)Nc2ccc(Cl)cc2Cl)C[C@](C)(O)/C=C/[C@H](C(C)C)CC/C(C)=C/CC1. The molecule has 1 aromatic carbocycles. The Morgan fingerprint density at radius 1 is 1.21 bits per heavy atom. The fourth-order valence-electron chi connectivity index (χ4n) is 3.90. The molecule has 1 aliphatic rings. The number of hydrogen-bond acceptors (Lipinski definition) is 3. The summed E-state index contributed by atoms with van der Waals surface area (Å²) in [5, 5.41) is 14.6. The molecule has 6 heteroatoms. The Labute approximate surface area is 208 Å². The molecule has 0 heterocycles. The van der Waals surface area contributed by atoms with Crippen molar-refractivity contribution in [3.63, 3.8) is 0 Å². The first-order valence-corrected chi connectivity index (χ1v) is 12.4. The second kappa shape index (κ2) is 12.6. The molecule has 0 aliphatic heterocycles. The van der Waals surface area contributed by atoms with Crippen molar-refractivity contribution in [3.05, 3.63) is 63.7 Å². The first-order chi connectivity index (χ1) is 15.4. The Hall–Kier alpha value is -1.75. The molecule has 0 spiro atoms. The van der Waals surface area contributed by atoms with Crippen LogP contribution in [0.4, 0.5) is 10.5 Å². The lowest BCUT2D eigenvalue weighted by molar-refractivity contribution is 0.0471. The fraction of sp³-hybridized carbons (Fsp3) is 0.519. The molecule has 0 fully saturated rings. The molecule has 1 aromatic rings. The molecule has 0 unspecified atom stereocenters. The van der Waals surface area contributed by atoms with Crippen molar-refractivity contribution in [3.8, 4) is 0 Å². The van der Waals surface area contributed by atoms with Crippen LogP contribution >= 0.6 is 23.2 Å². The Bertz CT molecular complexity index is 903. The average molecular weight is 495 g/mol. The van der Waals surface area contributed by atoms with Gasteiger partial charge in [-0.3, -0.25) is 5.32 Å². The summed E-state index contributed by atoms with van der Waals surface area (Å²) in [5.74, 6) is 0.844. The van der Waals surface area contributed by atoms with Crippen molar-refractivity contribution in [1.29, 1.82) is 0 Å². The maximum Gasteiger partial charge on any atom is 0.412 e. The van der Waals surface area contributed by atoms with Crippen LogP contribution in [0, 0.1) is 11.8 Å². The lowest BCUT2D eigenvalue weighted by Gasteiger charge is -2.26. The minimum atomic E-state index is -1.12. The number of ether oxygens (including phenoxy) is 1. The highest BCUT2D eigenvalue weighted by Crippen LogP contribution is 2.28. The van der Waals surface area contributed by atoms with Gasteiger partial charge in [0.25, 0.3) is 0 Å². The number of hydrogen-bond donors (Lipinski definition) is 2. The normalized spacial score (nSPS) is 29.2. The van der Waals surface area contributed by atoms with Crippen molar-refractivity contribution in [2.45, 2.75) is 78.4 Å². The van der Waals surface area contributed by atoms with Crippen LogP contribution in [0.2, 0.25) is 10.0 Å². The third-order valence-corrected chi connectivity index (χ3v) is 6.52. The number of aliphatic hydroxyl groups is 1. The molecular weight excluding hydrogens is 457 g/mol. The molecule has 0 radical (unpaired) electrons. The van der Waals surface area contributed by atoms with Crippen LogP contribution in [0.25, 0.3) is 0 Å². The Kier molecular flexibility index (Phi) is 10.5. The van der Waals surface area contributed by atoms with E-state index in [-0.39, 0.29) is 6.42 Å². The van der Waals surface area contributed by atoms with Crippen LogP contribution in [0.3, 0.4) is 0 Å². The summed E-state index contributed by atoms with van der Waals surface area (Å²) < 4.78 is 5.71. The van der Waals surface area contributed by atoms with Gasteiger partial charge < -0.3 is 9.84 Å². The van der Waals surface area contributed by atoms with Crippen molar-refractivity contribution in [2.24, 2.45) is 11.8 Å². The minimum Gasteiger partial charge on any atom is -0.442 e. The van der Waals surface area contributed by atoms with Crippen molar-refractivity contribution in [1.82, 2.24) is 0 Å². The maximum absolute atomic E-state index is 12.6. The predicted molar refractivity (Wildman–Crippen MR) is 139 cm³/mol. The second-order valence-corrected chi connectivity index (χ2v) is 10.5. The highest BCUT2D eigenvalue weighted by atomic mass is 35.5. The molecule has 0 saturated carbocycles. The number of nitrogens with one attached hydrogen (secondary N) is 1. The van der Waals surface area contributed by atoms with E-state index in [2.05, 4.69) is 38.2 Å². The van der Waals surface area contributed by atoms with Crippen LogP contribution in [0.1, 0.15) is 66.7 Å². The number of carbonyl (C=O) groups is 1. The molecule has 1 aliphatic carbocycles. The van der Waals surface area contributed by atoms with E-state index in [4.69, 9.17) is 27.9 Å². The maximum atomic E-state index is 12.6. The smallest absolute Gasteiger partial charge is 0.412 e. The van der Waals surface area contributed by atoms with E-state index in [1.54, 1.807) is 25.1 Å². The van der Waals surface area contributed by atoms with Gasteiger partial charge in [0.15, 0.2) is 0 Å². The van der Waals surface area contributed by atoms with Crippen LogP contribution in [0.15, 0.2) is 53.6 Å². The van der Waals surface area contributed by atoms with E-state index >= 15 is 0 Å². The average Bonchev–Trinajstić information content (AvgIpc) is 2.68. The molecule has 4 nitrogen and oxygen atoms in total. The number of amides is 1. The van der Waals surface area contributed by atoms with E-state index in [1.807, 2.05) is 19.1 Å². The summed E-state index contributed by atoms with van der Waals surface area (Å²) in [5.41, 5.74) is 1.79. The molecule has 0 saturated heterocycles. The van der Waals surface area contributed by atoms with Crippen molar-refractivity contribution < 1.29 is 14.6 Å². The fourth-order valence-corrected chi connectivity index (χ4v) is 4.36. The topological polar surface area (TPSA) is 58.6 Å². The zero-order chi connectivity index (χ0) is 24.6. The van der Waals surface area contributed by atoms with Gasteiger partial charge in [-0.05, 0) is 82.6 Å². The zero-order valence-electron chi connectivity index (χ0n) is 20.3. The second-order valence-electron chi connectivity index (χ2n) is 9.66. The van der Waals surface area contributed by atoms with E-state index in [0.29, 0.717) is 27.6 Å². The third kappa shape index (κ3) is 9.95. The summed E-state index contributed by atoms with van der Waals surface area (Å²) in [4.78, 5) is 12.6. The summed E-state index contributed by atoms with van der Waals surface area (Å²) in [7, 11) is 0. The molecule has 182 valence electrons. The monoisotopic (exact) mass is 493 g/mol. The van der Waals surface area contributed by atoms with Gasteiger partial charge >= 0.3 is 6.09 Å². The van der Waals surface area contributed by atoms with Crippen molar-refractivity contribution in [2.75, 3.05) is 5.32 Å². The quantitative estimate of drug-likeness (QED) is 0.415. The highest BCUT2D eigenvalue weighted by molar-refractivity contribution is 6.36. The third-order valence-electron chi connectivity index (χ3n) is 5.97. The van der Waals surface area contributed by atoms with Gasteiger partial charge in [-0.2, -0.15) is 0 Å². The Morgan fingerprint density at radius 2 is 1.94 bits per heavy atom. The number of anilines is 1. The van der Waals surface area contributed by atoms with Gasteiger partial charge in [0.1, 0.15) is 6.10 Å². The molecule has 2 rings (SSSR count). The lowest BCUT2D eigenvalue weighted by atomic mass is 9.86. The van der Waals surface area contributed by atoms with Gasteiger partial charge in [0, 0.05) is 11.4 Å². The number of allylic oxidation sites excluding steroid dienone is 4. The number of benzene rings is 1. The predicted octanol–water partition coefficient (Wildman–Crippen LogP) is 8.35. The van der Waals surface area contributed by atoms with E-state index in [9.17, 15) is 9.90 Å².